The predicted octanol–water partition coefficient (Wildman–Crippen LogP) is 2.33. The number of ether oxygens (including phenoxy) is 2. The van der Waals surface area contributed by atoms with Gasteiger partial charge in [-0.15, -0.1) is 11.8 Å². The highest BCUT2D eigenvalue weighted by Gasteiger charge is 2.10. The Morgan fingerprint density at radius 3 is 2.74 bits per heavy atom. The normalized spacial score (nSPS) is 12.4. The van der Waals surface area contributed by atoms with Crippen LogP contribution in [0.2, 0.25) is 0 Å². The Balaban J connectivity index is 2.74. The van der Waals surface area contributed by atoms with Crippen LogP contribution < -0.4 is 11.1 Å². The van der Waals surface area contributed by atoms with Gasteiger partial charge in [0.15, 0.2) is 0 Å². The summed E-state index contributed by atoms with van der Waals surface area (Å²) < 4.78 is 10.4. The summed E-state index contributed by atoms with van der Waals surface area (Å²) >= 11 is 1.81. The van der Waals surface area contributed by atoms with Crippen LogP contribution in [0.15, 0.2) is 23.1 Å². The first-order valence-electron chi connectivity index (χ1n) is 6.47. The quantitative estimate of drug-likeness (QED) is 0.682. The van der Waals surface area contributed by atoms with Gasteiger partial charge in [-0.1, -0.05) is 13.0 Å². The van der Waals surface area contributed by atoms with Crippen molar-refractivity contribution < 1.29 is 9.47 Å². The van der Waals surface area contributed by atoms with Crippen molar-refractivity contribution in [2.45, 2.75) is 24.5 Å². The fourth-order valence-corrected chi connectivity index (χ4v) is 2.71. The summed E-state index contributed by atoms with van der Waals surface area (Å²) in [6.07, 6.45) is 0.0399. The molecule has 0 aliphatic rings. The topological polar surface area (TPSA) is 56.5 Å². The van der Waals surface area contributed by atoms with Crippen LogP contribution in [-0.2, 0) is 16.0 Å². The van der Waals surface area contributed by atoms with E-state index in [1.54, 1.807) is 14.2 Å². The van der Waals surface area contributed by atoms with Crippen molar-refractivity contribution in [2.75, 3.05) is 38.4 Å². The second kappa shape index (κ2) is 9.20. The maximum absolute atomic E-state index is 5.87. The number of hydrogen-bond donors (Lipinski definition) is 2. The SMILES string of the molecule is CCSc1cccc(NCC(COC)OC)c1CN. The van der Waals surface area contributed by atoms with Crippen molar-refractivity contribution in [3.05, 3.63) is 23.8 Å². The summed E-state index contributed by atoms with van der Waals surface area (Å²) in [6, 6.07) is 6.23. The molecule has 1 unspecified atom stereocenters. The highest BCUT2D eigenvalue weighted by Crippen LogP contribution is 2.28. The van der Waals surface area contributed by atoms with Gasteiger partial charge in [-0.2, -0.15) is 0 Å². The van der Waals surface area contributed by atoms with E-state index < -0.39 is 0 Å². The fourth-order valence-electron chi connectivity index (χ4n) is 1.85. The molecule has 0 saturated heterocycles. The Hall–Kier alpha value is -0.750. The highest BCUT2D eigenvalue weighted by molar-refractivity contribution is 7.99. The molecule has 0 aliphatic carbocycles. The average molecular weight is 284 g/mol. The van der Waals surface area contributed by atoms with Crippen molar-refractivity contribution in [1.82, 2.24) is 0 Å². The predicted molar refractivity (Wildman–Crippen MR) is 81.9 cm³/mol. The number of anilines is 1. The van der Waals surface area contributed by atoms with Crippen LogP contribution in [0.25, 0.3) is 0 Å². The Kier molecular flexibility index (Phi) is 7.90. The summed E-state index contributed by atoms with van der Waals surface area (Å²) in [5.74, 6) is 1.04. The summed E-state index contributed by atoms with van der Waals surface area (Å²) in [4.78, 5) is 1.25. The molecule has 0 spiro atoms. The standard InChI is InChI=1S/C14H24N2O2S/c1-4-19-14-7-5-6-13(12(14)8-15)16-9-11(18-3)10-17-2/h5-7,11,16H,4,8-10,15H2,1-3H3. The second-order valence-corrected chi connectivity index (χ2v) is 5.42. The van der Waals surface area contributed by atoms with Crippen LogP contribution in [0.3, 0.4) is 0 Å². The number of thioether (sulfide) groups is 1. The molecular formula is C14H24N2O2S. The molecule has 0 aromatic heterocycles. The molecule has 0 fully saturated rings. The van der Waals surface area contributed by atoms with E-state index in [2.05, 4.69) is 30.4 Å². The molecule has 3 N–H and O–H groups in total. The van der Waals surface area contributed by atoms with Crippen LogP contribution in [0.4, 0.5) is 5.69 Å². The van der Waals surface area contributed by atoms with Crippen LogP contribution in [0, 0.1) is 0 Å². The number of nitrogens with two attached hydrogens (primary N) is 1. The minimum atomic E-state index is 0.0399. The number of benzene rings is 1. The van der Waals surface area contributed by atoms with E-state index in [1.807, 2.05) is 11.8 Å². The third kappa shape index (κ3) is 5.03. The molecule has 108 valence electrons. The molecule has 0 bridgehead atoms. The van der Waals surface area contributed by atoms with Crippen molar-refractivity contribution in [1.29, 1.82) is 0 Å². The van der Waals surface area contributed by atoms with Gasteiger partial charge >= 0.3 is 0 Å². The van der Waals surface area contributed by atoms with E-state index >= 15 is 0 Å². The lowest BCUT2D eigenvalue weighted by atomic mass is 10.1. The lowest BCUT2D eigenvalue weighted by molar-refractivity contribution is 0.0365. The summed E-state index contributed by atoms with van der Waals surface area (Å²) in [5.41, 5.74) is 8.12. The van der Waals surface area contributed by atoms with Gasteiger partial charge in [-0.25, -0.2) is 0 Å². The molecule has 1 atom stereocenters. The van der Waals surface area contributed by atoms with E-state index in [1.165, 1.54) is 10.5 Å². The lowest BCUT2D eigenvalue weighted by Gasteiger charge is -2.18. The first kappa shape index (κ1) is 16.3. The molecule has 19 heavy (non-hydrogen) atoms. The van der Waals surface area contributed by atoms with Gasteiger partial charge in [-0.3, -0.25) is 0 Å². The minimum absolute atomic E-state index is 0.0399. The molecule has 0 amide bonds. The third-order valence-corrected chi connectivity index (χ3v) is 3.83. The Morgan fingerprint density at radius 1 is 1.37 bits per heavy atom. The smallest absolute Gasteiger partial charge is 0.0976 e. The van der Waals surface area contributed by atoms with E-state index in [-0.39, 0.29) is 6.10 Å². The molecule has 4 nitrogen and oxygen atoms in total. The van der Waals surface area contributed by atoms with E-state index in [4.69, 9.17) is 15.2 Å². The number of rotatable bonds is 9. The van der Waals surface area contributed by atoms with Crippen molar-refractivity contribution in [3.8, 4) is 0 Å². The van der Waals surface area contributed by atoms with Gasteiger partial charge in [0.05, 0.1) is 12.7 Å². The monoisotopic (exact) mass is 284 g/mol. The Labute approximate surface area is 120 Å². The summed E-state index contributed by atoms with van der Waals surface area (Å²) in [7, 11) is 3.37. The summed E-state index contributed by atoms with van der Waals surface area (Å²) in [5, 5.41) is 3.40. The summed E-state index contributed by atoms with van der Waals surface area (Å²) in [6.45, 7) is 3.96. The zero-order valence-corrected chi connectivity index (χ0v) is 12.8. The first-order valence-corrected chi connectivity index (χ1v) is 7.45. The van der Waals surface area contributed by atoms with Gasteiger partial charge in [-0.05, 0) is 17.9 Å². The zero-order chi connectivity index (χ0) is 14.1. The third-order valence-electron chi connectivity index (χ3n) is 2.84. The maximum Gasteiger partial charge on any atom is 0.0976 e. The lowest BCUT2D eigenvalue weighted by Crippen LogP contribution is -2.27. The second-order valence-electron chi connectivity index (χ2n) is 4.11. The van der Waals surface area contributed by atoms with Crippen molar-refractivity contribution in [3.63, 3.8) is 0 Å². The van der Waals surface area contributed by atoms with E-state index in [0.717, 1.165) is 11.4 Å². The molecule has 0 saturated carbocycles. The molecule has 0 aliphatic heterocycles. The van der Waals surface area contributed by atoms with Gasteiger partial charge in [0.1, 0.15) is 0 Å². The largest absolute Gasteiger partial charge is 0.382 e. The maximum atomic E-state index is 5.87. The molecule has 0 heterocycles. The van der Waals surface area contributed by atoms with Crippen LogP contribution in [-0.4, -0.2) is 39.2 Å². The Bertz CT molecular complexity index is 374. The van der Waals surface area contributed by atoms with Gasteiger partial charge in [0.25, 0.3) is 0 Å². The molecule has 5 heteroatoms. The molecular weight excluding hydrogens is 260 g/mol. The Morgan fingerprint density at radius 2 is 2.16 bits per heavy atom. The van der Waals surface area contributed by atoms with Crippen LogP contribution in [0.1, 0.15) is 12.5 Å². The molecule has 1 aromatic rings. The number of hydrogen-bond acceptors (Lipinski definition) is 5. The van der Waals surface area contributed by atoms with Crippen LogP contribution >= 0.6 is 11.8 Å². The zero-order valence-electron chi connectivity index (χ0n) is 11.9. The average Bonchev–Trinajstić information content (AvgIpc) is 2.44. The fraction of sp³-hybridized carbons (Fsp3) is 0.571. The van der Waals surface area contributed by atoms with Gasteiger partial charge in [0.2, 0.25) is 0 Å². The minimum Gasteiger partial charge on any atom is -0.382 e. The van der Waals surface area contributed by atoms with Crippen molar-refractivity contribution >= 4 is 17.4 Å². The molecule has 0 radical (unpaired) electrons. The van der Waals surface area contributed by atoms with Crippen molar-refractivity contribution in [2.24, 2.45) is 5.73 Å². The molecule has 1 aromatic carbocycles. The molecule has 1 rings (SSSR count). The van der Waals surface area contributed by atoms with Crippen LogP contribution in [0.5, 0.6) is 0 Å². The highest BCUT2D eigenvalue weighted by atomic mass is 32.2. The first-order chi connectivity index (χ1) is 9.26. The number of nitrogens with one attached hydrogen (secondary N) is 1. The van der Waals surface area contributed by atoms with E-state index in [0.29, 0.717) is 19.7 Å². The number of methoxy groups -OCH3 is 2. The van der Waals surface area contributed by atoms with E-state index in [9.17, 15) is 0 Å². The van der Waals surface area contributed by atoms with Gasteiger partial charge in [0, 0.05) is 43.5 Å². The van der Waals surface area contributed by atoms with Gasteiger partial charge < -0.3 is 20.5 Å².